The van der Waals surface area contributed by atoms with E-state index in [1.807, 2.05) is 53.9 Å². The summed E-state index contributed by atoms with van der Waals surface area (Å²) in [5.41, 5.74) is 2.74. The van der Waals surface area contributed by atoms with E-state index in [-0.39, 0.29) is 0 Å². The number of hydrogen-bond acceptors (Lipinski definition) is 8. The lowest BCUT2D eigenvalue weighted by atomic mass is 10.2. The Morgan fingerprint density at radius 3 is 2.35 bits per heavy atom. The Hall–Kier alpha value is -2.29. The van der Waals surface area contributed by atoms with Gasteiger partial charge < -0.3 is 4.74 Å². The fourth-order valence-corrected chi connectivity index (χ4v) is 4.54. The highest BCUT2D eigenvalue weighted by atomic mass is 35.5. The van der Waals surface area contributed by atoms with Crippen LogP contribution in [0, 0.1) is 0 Å². The van der Waals surface area contributed by atoms with Crippen molar-refractivity contribution in [1.29, 1.82) is 0 Å². The zero-order valence-corrected chi connectivity index (χ0v) is 15.9. The van der Waals surface area contributed by atoms with Gasteiger partial charge in [-0.15, -0.1) is 21.6 Å². The number of methoxy groups -OCH3 is 1. The molecule has 130 valence electrons. The molecule has 0 saturated heterocycles. The summed E-state index contributed by atoms with van der Waals surface area (Å²) in [5.74, 6) is 0.764. The van der Waals surface area contributed by atoms with Crippen LogP contribution in [0.2, 0.25) is 5.02 Å². The molecule has 0 unspecified atom stereocenters. The van der Waals surface area contributed by atoms with Gasteiger partial charge in [0, 0.05) is 21.5 Å². The molecule has 1 aliphatic rings. The van der Waals surface area contributed by atoms with Crippen molar-refractivity contribution in [1.82, 2.24) is 4.98 Å². The molecule has 0 radical (unpaired) electrons. The van der Waals surface area contributed by atoms with Crippen LogP contribution in [-0.2, 0) is 4.99 Å². The van der Waals surface area contributed by atoms with E-state index in [4.69, 9.17) is 16.3 Å². The Morgan fingerprint density at radius 2 is 1.69 bits per heavy atom. The maximum absolute atomic E-state index is 5.95. The molecule has 0 saturated carbocycles. The molecule has 4 rings (SSSR count). The van der Waals surface area contributed by atoms with Crippen LogP contribution in [0.25, 0.3) is 11.3 Å². The minimum atomic E-state index is -0.957. The summed E-state index contributed by atoms with van der Waals surface area (Å²) in [4.78, 5) is 3.73. The smallest absolute Gasteiger partial charge is 0.272 e. The molecule has 3 aromatic rings. The van der Waals surface area contributed by atoms with E-state index in [9.17, 15) is 0 Å². The summed E-state index contributed by atoms with van der Waals surface area (Å²) in [7, 11) is 1.63. The van der Waals surface area contributed by atoms with Crippen LogP contribution in [0.1, 0.15) is 5.56 Å². The first-order valence-electron chi connectivity index (χ1n) is 7.58. The number of benzene rings is 2. The maximum atomic E-state index is 5.95. The van der Waals surface area contributed by atoms with Crippen LogP contribution in [-0.4, -0.2) is 12.1 Å². The molecule has 1 aliphatic heterocycles. The van der Waals surface area contributed by atoms with E-state index in [1.54, 1.807) is 7.11 Å². The highest BCUT2D eigenvalue weighted by Gasteiger charge is 2.38. The second-order valence-electron chi connectivity index (χ2n) is 5.32. The predicted molar refractivity (Wildman–Crippen MR) is 103 cm³/mol. The summed E-state index contributed by atoms with van der Waals surface area (Å²) in [6.45, 7) is 0. The van der Waals surface area contributed by atoms with Gasteiger partial charge in [-0.1, -0.05) is 23.7 Å². The van der Waals surface area contributed by atoms with Crippen LogP contribution < -0.4 is 4.74 Å². The molecule has 0 N–H and O–H groups in total. The van der Waals surface area contributed by atoms with Gasteiger partial charge in [0.25, 0.3) is 4.99 Å². The number of thiazole rings is 1. The zero-order valence-electron chi connectivity index (χ0n) is 13.5. The topological polar surface area (TPSA) is 71.6 Å². The molecular weight excluding hydrogens is 390 g/mol. The molecular formula is C17H12ClN5OS2. The third-order valence-corrected chi connectivity index (χ3v) is 6.09. The van der Waals surface area contributed by atoms with Crippen molar-refractivity contribution < 1.29 is 4.74 Å². The van der Waals surface area contributed by atoms with Crippen LogP contribution in [0.3, 0.4) is 0 Å². The molecule has 0 amide bonds. The summed E-state index contributed by atoms with van der Waals surface area (Å²) in [6.07, 6.45) is 0. The minimum Gasteiger partial charge on any atom is -0.497 e. The summed E-state index contributed by atoms with van der Waals surface area (Å²) in [5, 5.41) is 18.6. The second-order valence-corrected chi connectivity index (χ2v) is 8.04. The molecule has 2 heterocycles. The molecule has 0 spiro atoms. The first-order chi connectivity index (χ1) is 12.7. The normalized spacial score (nSPS) is 14.7. The Balaban J connectivity index is 1.62. The van der Waals surface area contributed by atoms with E-state index >= 15 is 0 Å². The maximum Gasteiger partial charge on any atom is 0.272 e. The lowest BCUT2D eigenvalue weighted by Crippen LogP contribution is -2.13. The van der Waals surface area contributed by atoms with Gasteiger partial charge in [-0.05, 0) is 58.6 Å². The Morgan fingerprint density at radius 1 is 1.00 bits per heavy atom. The monoisotopic (exact) mass is 401 g/mol. The van der Waals surface area contributed by atoms with Gasteiger partial charge in [-0.3, -0.25) is 0 Å². The van der Waals surface area contributed by atoms with Crippen molar-refractivity contribution in [3.8, 4) is 17.0 Å². The standard InChI is InChI=1S/C17H12ClN5OS2/c1-24-14-8-4-12(5-9-14)17(20-22-23-21-17)26-16-19-15(10-25-16)11-2-6-13(18)7-3-11/h2-10H,1H3. The Bertz CT molecular complexity index is 958. The fraction of sp³-hybridized carbons (Fsp3) is 0.118. The molecule has 0 fully saturated rings. The second kappa shape index (κ2) is 7.14. The van der Waals surface area contributed by atoms with E-state index in [2.05, 4.69) is 25.7 Å². The molecule has 6 nitrogen and oxygen atoms in total. The zero-order chi connectivity index (χ0) is 18.0. The van der Waals surface area contributed by atoms with Gasteiger partial charge in [0.15, 0.2) is 4.34 Å². The van der Waals surface area contributed by atoms with Crippen LogP contribution in [0.15, 0.2) is 78.9 Å². The average Bonchev–Trinajstić information content (AvgIpc) is 3.33. The molecule has 0 bridgehead atoms. The van der Waals surface area contributed by atoms with Crippen molar-refractivity contribution in [3.05, 3.63) is 64.5 Å². The lowest BCUT2D eigenvalue weighted by Gasteiger charge is -2.18. The minimum absolute atomic E-state index is 0.698. The van der Waals surface area contributed by atoms with Crippen molar-refractivity contribution >= 4 is 34.7 Å². The number of aromatic nitrogens is 1. The highest BCUT2D eigenvalue weighted by Crippen LogP contribution is 2.48. The largest absolute Gasteiger partial charge is 0.497 e. The van der Waals surface area contributed by atoms with Gasteiger partial charge in [0.2, 0.25) is 0 Å². The van der Waals surface area contributed by atoms with E-state index < -0.39 is 4.99 Å². The Labute approximate surface area is 163 Å². The molecule has 0 atom stereocenters. The van der Waals surface area contributed by atoms with Crippen molar-refractivity contribution in [2.45, 2.75) is 9.33 Å². The van der Waals surface area contributed by atoms with Crippen LogP contribution >= 0.6 is 34.7 Å². The average molecular weight is 402 g/mol. The quantitative estimate of drug-likeness (QED) is 0.510. The van der Waals surface area contributed by atoms with Gasteiger partial charge >= 0.3 is 0 Å². The first kappa shape index (κ1) is 17.1. The molecule has 1 aromatic heterocycles. The number of ether oxygens (including phenoxy) is 1. The number of rotatable bonds is 5. The van der Waals surface area contributed by atoms with Crippen molar-refractivity contribution in [2.24, 2.45) is 20.7 Å². The number of hydrogen-bond donors (Lipinski definition) is 0. The van der Waals surface area contributed by atoms with E-state index in [1.165, 1.54) is 23.1 Å². The van der Waals surface area contributed by atoms with Gasteiger partial charge in [-0.25, -0.2) is 4.98 Å². The Kier molecular flexibility index (Phi) is 4.71. The van der Waals surface area contributed by atoms with Crippen LogP contribution in [0.5, 0.6) is 5.75 Å². The summed E-state index contributed by atoms with van der Waals surface area (Å²) >= 11 is 8.88. The summed E-state index contributed by atoms with van der Waals surface area (Å²) < 4.78 is 6.03. The SMILES string of the molecule is COc1ccc(C2(Sc3nc(-c4ccc(Cl)cc4)cs3)N=NN=N2)cc1. The lowest BCUT2D eigenvalue weighted by molar-refractivity contribution is 0.414. The van der Waals surface area contributed by atoms with Crippen molar-refractivity contribution in [2.75, 3.05) is 7.11 Å². The highest BCUT2D eigenvalue weighted by molar-refractivity contribution is 8.01. The van der Waals surface area contributed by atoms with Gasteiger partial charge in [-0.2, -0.15) is 0 Å². The predicted octanol–water partition coefficient (Wildman–Crippen LogP) is 6.21. The number of thioether (sulfide) groups is 1. The molecule has 2 aromatic carbocycles. The number of halogens is 1. The third-order valence-electron chi connectivity index (χ3n) is 3.72. The third kappa shape index (κ3) is 3.35. The van der Waals surface area contributed by atoms with Crippen molar-refractivity contribution in [3.63, 3.8) is 0 Å². The molecule has 26 heavy (non-hydrogen) atoms. The number of nitrogens with zero attached hydrogens (tertiary/aromatic N) is 5. The fourth-order valence-electron chi connectivity index (χ4n) is 2.38. The van der Waals surface area contributed by atoms with Gasteiger partial charge in [0.1, 0.15) is 5.75 Å². The van der Waals surface area contributed by atoms with Crippen LogP contribution in [0.4, 0.5) is 0 Å². The first-order valence-corrected chi connectivity index (χ1v) is 9.65. The van der Waals surface area contributed by atoms with E-state index in [0.29, 0.717) is 5.02 Å². The van der Waals surface area contributed by atoms with E-state index in [0.717, 1.165) is 26.9 Å². The van der Waals surface area contributed by atoms with Gasteiger partial charge in [0.05, 0.1) is 12.8 Å². The molecule has 0 aliphatic carbocycles. The summed E-state index contributed by atoms with van der Waals surface area (Å²) in [6, 6.07) is 15.1. The molecule has 9 heteroatoms.